The summed E-state index contributed by atoms with van der Waals surface area (Å²) in [5.74, 6) is -4.52. The molecule has 0 radical (unpaired) electrons. The summed E-state index contributed by atoms with van der Waals surface area (Å²) in [6.07, 6.45) is 0. The predicted molar refractivity (Wildman–Crippen MR) is 89.8 cm³/mol. The average Bonchev–Trinajstić information content (AvgIpc) is 2.80. The molecule has 1 heterocycles. The Kier molecular flexibility index (Phi) is 4.50. The monoisotopic (exact) mass is 380 g/mol. The number of phenols is 1. The molecule has 0 unspecified atom stereocenters. The Morgan fingerprint density at radius 3 is 2.46 bits per heavy atom. The number of ketones is 1. The molecule has 3 rings (SSSR count). The molecule has 0 aliphatic rings. The van der Waals surface area contributed by atoms with E-state index in [2.05, 4.69) is 5.10 Å². The molecule has 1 aromatic heterocycles. The number of phenolic OH excluding ortho intramolecular Hbond substituents is 1. The SMILES string of the molecule is Cc1nn(C)c(C(=O)c2c(O)cc(F)cc2F)c1-c1ccc(F)cc1Cl. The van der Waals surface area contributed by atoms with Gasteiger partial charge in [0.15, 0.2) is 0 Å². The van der Waals surface area contributed by atoms with Crippen molar-refractivity contribution in [2.24, 2.45) is 7.05 Å². The summed E-state index contributed by atoms with van der Waals surface area (Å²) in [6, 6.07) is 4.76. The van der Waals surface area contributed by atoms with Gasteiger partial charge in [-0.2, -0.15) is 5.10 Å². The van der Waals surface area contributed by atoms with Gasteiger partial charge in [0.25, 0.3) is 0 Å². The third-order valence-corrected chi connectivity index (χ3v) is 4.21. The largest absolute Gasteiger partial charge is 0.507 e. The fourth-order valence-corrected chi connectivity index (χ4v) is 3.10. The van der Waals surface area contributed by atoms with E-state index < -0.39 is 34.5 Å². The zero-order chi connectivity index (χ0) is 19.2. The second-order valence-electron chi connectivity index (χ2n) is 5.67. The highest BCUT2D eigenvalue weighted by atomic mass is 35.5. The first-order chi connectivity index (χ1) is 12.2. The summed E-state index contributed by atoms with van der Waals surface area (Å²) in [5, 5.41) is 14.0. The lowest BCUT2D eigenvalue weighted by Gasteiger charge is -2.10. The number of aryl methyl sites for hydroxylation is 2. The number of carbonyl (C=O) groups is 1. The highest BCUT2D eigenvalue weighted by molar-refractivity contribution is 6.33. The van der Waals surface area contributed by atoms with Gasteiger partial charge in [-0.1, -0.05) is 11.6 Å². The molecule has 0 saturated heterocycles. The molecule has 0 bridgehead atoms. The molecule has 0 aliphatic heterocycles. The van der Waals surface area contributed by atoms with Crippen LogP contribution in [0.2, 0.25) is 5.02 Å². The normalized spacial score (nSPS) is 11.0. The summed E-state index contributed by atoms with van der Waals surface area (Å²) >= 11 is 6.09. The summed E-state index contributed by atoms with van der Waals surface area (Å²) in [6.45, 7) is 1.60. The molecular formula is C18H12ClF3N2O2. The van der Waals surface area contributed by atoms with Crippen molar-refractivity contribution in [2.45, 2.75) is 6.92 Å². The van der Waals surface area contributed by atoms with Crippen LogP contribution in [0, 0.1) is 24.4 Å². The van der Waals surface area contributed by atoms with Gasteiger partial charge in [-0.3, -0.25) is 9.48 Å². The van der Waals surface area contributed by atoms with Crippen molar-refractivity contribution in [1.82, 2.24) is 9.78 Å². The van der Waals surface area contributed by atoms with Crippen molar-refractivity contribution in [3.05, 3.63) is 69.8 Å². The first-order valence-electron chi connectivity index (χ1n) is 7.42. The van der Waals surface area contributed by atoms with Crippen molar-refractivity contribution >= 4 is 17.4 Å². The molecule has 0 amide bonds. The fourth-order valence-electron chi connectivity index (χ4n) is 2.84. The van der Waals surface area contributed by atoms with Crippen LogP contribution in [0.15, 0.2) is 30.3 Å². The zero-order valence-electron chi connectivity index (χ0n) is 13.6. The highest BCUT2D eigenvalue weighted by Crippen LogP contribution is 2.36. The minimum Gasteiger partial charge on any atom is -0.507 e. The lowest BCUT2D eigenvalue weighted by atomic mass is 9.97. The van der Waals surface area contributed by atoms with Crippen LogP contribution in [0.3, 0.4) is 0 Å². The summed E-state index contributed by atoms with van der Waals surface area (Å²) in [5.41, 5.74) is 0.228. The van der Waals surface area contributed by atoms with Crippen LogP contribution in [0.1, 0.15) is 21.7 Å². The predicted octanol–water partition coefficient (Wildman–Crippen LogP) is 4.40. The smallest absolute Gasteiger partial charge is 0.218 e. The Hall–Kier alpha value is -2.80. The number of rotatable bonds is 3. The lowest BCUT2D eigenvalue weighted by molar-refractivity contribution is 0.102. The minimum absolute atomic E-state index is 0.0407. The molecule has 2 aromatic carbocycles. The number of aromatic nitrogens is 2. The topological polar surface area (TPSA) is 55.1 Å². The van der Waals surface area contributed by atoms with Gasteiger partial charge in [0, 0.05) is 30.3 Å². The van der Waals surface area contributed by atoms with Crippen molar-refractivity contribution in [1.29, 1.82) is 0 Å². The van der Waals surface area contributed by atoms with E-state index in [4.69, 9.17) is 11.6 Å². The number of benzene rings is 2. The van der Waals surface area contributed by atoms with E-state index in [-0.39, 0.29) is 16.3 Å². The quantitative estimate of drug-likeness (QED) is 0.685. The maximum Gasteiger partial charge on any atom is 0.218 e. The van der Waals surface area contributed by atoms with Gasteiger partial charge in [0.05, 0.1) is 10.7 Å². The molecule has 4 nitrogen and oxygen atoms in total. The molecule has 26 heavy (non-hydrogen) atoms. The first kappa shape index (κ1) is 18.0. The van der Waals surface area contributed by atoms with Gasteiger partial charge in [-0.15, -0.1) is 0 Å². The fraction of sp³-hybridized carbons (Fsp3) is 0.111. The Morgan fingerprint density at radius 1 is 1.15 bits per heavy atom. The van der Waals surface area contributed by atoms with E-state index in [0.717, 1.165) is 12.1 Å². The molecule has 0 fully saturated rings. The second kappa shape index (κ2) is 6.49. The zero-order valence-corrected chi connectivity index (χ0v) is 14.4. The molecule has 0 aliphatic carbocycles. The second-order valence-corrected chi connectivity index (χ2v) is 6.07. The molecule has 0 spiro atoms. The Bertz CT molecular complexity index is 1020. The lowest BCUT2D eigenvalue weighted by Crippen LogP contribution is -2.12. The number of hydrogen-bond acceptors (Lipinski definition) is 3. The summed E-state index contributed by atoms with van der Waals surface area (Å²) < 4.78 is 41.9. The van der Waals surface area contributed by atoms with Gasteiger partial charge in [-0.05, 0) is 25.1 Å². The molecule has 134 valence electrons. The van der Waals surface area contributed by atoms with Crippen LogP contribution in [-0.2, 0) is 7.05 Å². The molecule has 3 aromatic rings. The minimum atomic E-state index is -1.21. The molecular weight excluding hydrogens is 369 g/mol. The highest BCUT2D eigenvalue weighted by Gasteiger charge is 2.28. The number of halogens is 4. The first-order valence-corrected chi connectivity index (χ1v) is 7.80. The summed E-state index contributed by atoms with van der Waals surface area (Å²) in [7, 11) is 1.46. The van der Waals surface area contributed by atoms with Crippen LogP contribution in [0.5, 0.6) is 5.75 Å². The third-order valence-electron chi connectivity index (χ3n) is 3.90. The van der Waals surface area contributed by atoms with E-state index in [0.29, 0.717) is 23.4 Å². The molecule has 1 N–H and O–H groups in total. The van der Waals surface area contributed by atoms with Gasteiger partial charge < -0.3 is 5.11 Å². The molecule has 8 heteroatoms. The molecule has 0 saturated carbocycles. The number of nitrogens with zero attached hydrogens (tertiary/aromatic N) is 2. The maximum absolute atomic E-state index is 14.1. The van der Waals surface area contributed by atoms with Gasteiger partial charge >= 0.3 is 0 Å². The van der Waals surface area contributed by atoms with Crippen LogP contribution >= 0.6 is 11.6 Å². The number of carbonyl (C=O) groups excluding carboxylic acids is 1. The maximum atomic E-state index is 14.1. The standard InChI is InChI=1S/C18H12ClF3N2O2/c1-8-15(11-4-3-9(20)5-12(11)19)17(24(2)23-8)18(26)16-13(22)6-10(21)7-14(16)25/h3-7,25H,1-2H3. The Labute approximate surface area is 151 Å². The van der Waals surface area contributed by atoms with Gasteiger partial charge in [-0.25, -0.2) is 13.2 Å². The van der Waals surface area contributed by atoms with E-state index in [1.54, 1.807) is 6.92 Å². The van der Waals surface area contributed by atoms with Crippen LogP contribution in [-0.4, -0.2) is 20.7 Å². The van der Waals surface area contributed by atoms with Crippen LogP contribution in [0.25, 0.3) is 11.1 Å². The van der Waals surface area contributed by atoms with Crippen molar-refractivity contribution < 1.29 is 23.1 Å². The van der Waals surface area contributed by atoms with E-state index >= 15 is 0 Å². The Balaban J connectivity index is 2.26. The van der Waals surface area contributed by atoms with E-state index in [1.807, 2.05) is 0 Å². The van der Waals surface area contributed by atoms with Crippen LogP contribution < -0.4 is 0 Å². The van der Waals surface area contributed by atoms with Crippen molar-refractivity contribution in [3.63, 3.8) is 0 Å². The number of hydrogen-bond donors (Lipinski definition) is 1. The van der Waals surface area contributed by atoms with Crippen molar-refractivity contribution in [2.75, 3.05) is 0 Å². The van der Waals surface area contributed by atoms with E-state index in [9.17, 15) is 23.1 Å². The van der Waals surface area contributed by atoms with Crippen LogP contribution in [0.4, 0.5) is 13.2 Å². The van der Waals surface area contributed by atoms with Crippen molar-refractivity contribution in [3.8, 4) is 16.9 Å². The Morgan fingerprint density at radius 2 is 1.85 bits per heavy atom. The molecule has 0 atom stereocenters. The summed E-state index contributed by atoms with van der Waals surface area (Å²) in [4.78, 5) is 12.9. The average molecular weight is 381 g/mol. The van der Waals surface area contributed by atoms with Gasteiger partial charge in [0.2, 0.25) is 5.78 Å². The van der Waals surface area contributed by atoms with E-state index in [1.165, 1.54) is 17.8 Å². The number of aromatic hydroxyl groups is 1. The third kappa shape index (κ3) is 2.94. The van der Waals surface area contributed by atoms with Gasteiger partial charge in [0.1, 0.15) is 34.5 Å².